The molecule has 0 spiro atoms. The summed E-state index contributed by atoms with van der Waals surface area (Å²) >= 11 is 6.23. The zero-order chi connectivity index (χ0) is 18.2. The first-order valence-electron chi connectivity index (χ1n) is 8.29. The highest BCUT2D eigenvalue weighted by Crippen LogP contribution is 2.31. The van der Waals surface area contributed by atoms with Gasteiger partial charge in [0.25, 0.3) is 0 Å². The van der Waals surface area contributed by atoms with Crippen LogP contribution >= 0.6 is 11.6 Å². The van der Waals surface area contributed by atoms with Crippen molar-refractivity contribution in [2.45, 2.75) is 34.1 Å². The van der Waals surface area contributed by atoms with Gasteiger partial charge in [-0.05, 0) is 42.3 Å². The van der Waals surface area contributed by atoms with Crippen molar-refractivity contribution in [3.05, 3.63) is 47.0 Å². The van der Waals surface area contributed by atoms with Crippen LogP contribution in [0.2, 0.25) is 5.02 Å². The first-order chi connectivity index (χ1) is 11.8. The maximum absolute atomic E-state index is 12.2. The number of fused-ring (bicyclic) bond motifs is 1. The molecule has 0 aliphatic rings. The lowest BCUT2D eigenvalue weighted by Crippen LogP contribution is -2.27. The number of carbonyl (C=O) groups is 1. The molecule has 1 amide bonds. The molecule has 3 aromatic rings. The Bertz CT molecular complexity index is 939. The Hall–Kier alpha value is -2.33. The summed E-state index contributed by atoms with van der Waals surface area (Å²) in [4.78, 5) is 16.8. The van der Waals surface area contributed by atoms with Crippen molar-refractivity contribution in [2.75, 3.05) is 5.32 Å². The molecule has 0 fully saturated rings. The third-order valence-electron chi connectivity index (χ3n) is 4.00. The average Bonchev–Trinajstić information content (AvgIpc) is 2.98. The number of nitrogens with one attached hydrogen (secondary N) is 1. The molecule has 0 aliphatic heterocycles. The third-order valence-corrected chi connectivity index (χ3v) is 4.33. The van der Waals surface area contributed by atoms with E-state index in [-0.39, 0.29) is 5.91 Å². The molecular formula is C20H21ClN2O2. The summed E-state index contributed by atoms with van der Waals surface area (Å²) in [6, 6.07) is 11.4. The molecule has 1 aromatic heterocycles. The number of oxazole rings is 1. The van der Waals surface area contributed by atoms with E-state index in [1.54, 1.807) is 12.1 Å². The van der Waals surface area contributed by atoms with Crippen LogP contribution in [-0.4, -0.2) is 10.9 Å². The number of amides is 1. The highest BCUT2D eigenvalue weighted by Gasteiger charge is 2.22. The molecule has 1 heterocycles. The number of nitrogens with zero attached hydrogens (tertiary/aromatic N) is 1. The normalized spacial score (nSPS) is 11.7. The number of anilines is 1. The van der Waals surface area contributed by atoms with Gasteiger partial charge in [-0.2, -0.15) is 0 Å². The van der Waals surface area contributed by atoms with Crippen LogP contribution in [0.25, 0.3) is 22.6 Å². The SMILES string of the molecule is CCc1ccc2oc(-c3ccc(Cl)c(NC(=O)C(C)(C)C)c3)nc2c1. The van der Waals surface area contributed by atoms with E-state index in [4.69, 9.17) is 16.0 Å². The molecule has 1 N–H and O–H groups in total. The van der Waals surface area contributed by atoms with Crippen molar-refractivity contribution < 1.29 is 9.21 Å². The number of hydrogen-bond acceptors (Lipinski definition) is 3. The highest BCUT2D eigenvalue weighted by molar-refractivity contribution is 6.33. The molecule has 2 aromatic carbocycles. The van der Waals surface area contributed by atoms with Crippen molar-refractivity contribution in [3.63, 3.8) is 0 Å². The Kier molecular flexibility index (Phi) is 4.56. The molecule has 25 heavy (non-hydrogen) atoms. The van der Waals surface area contributed by atoms with E-state index in [1.165, 1.54) is 5.56 Å². The lowest BCUT2D eigenvalue weighted by atomic mass is 9.95. The van der Waals surface area contributed by atoms with Crippen molar-refractivity contribution in [3.8, 4) is 11.5 Å². The molecule has 0 aliphatic carbocycles. The van der Waals surface area contributed by atoms with Gasteiger partial charge in [0.15, 0.2) is 5.58 Å². The van der Waals surface area contributed by atoms with Gasteiger partial charge in [0.05, 0.1) is 10.7 Å². The van der Waals surface area contributed by atoms with Crippen molar-refractivity contribution in [1.82, 2.24) is 4.98 Å². The second-order valence-electron chi connectivity index (χ2n) is 7.07. The molecule has 0 unspecified atom stereocenters. The van der Waals surface area contributed by atoms with E-state index in [1.807, 2.05) is 45.0 Å². The van der Waals surface area contributed by atoms with Crippen LogP contribution in [0, 0.1) is 5.41 Å². The van der Waals surface area contributed by atoms with Gasteiger partial charge in [0.2, 0.25) is 11.8 Å². The standard InChI is InChI=1S/C20H21ClN2O2/c1-5-12-6-9-17-16(10-12)22-18(25-17)13-7-8-14(21)15(11-13)23-19(24)20(2,3)4/h6-11H,5H2,1-4H3,(H,23,24). The van der Waals surface area contributed by atoms with Gasteiger partial charge >= 0.3 is 0 Å². The monoisotopic (exact) mass is 356 g/mol. The Balaban J connectivity index is 1.98. The Labute approximate surface area is 152 Å². The predicted octanol–water partition coefficient (Wildman–Crippen LogP) is 5.70. The zero-order valence-corrected chi connectivity index (χ0v) is 15.6. The minimum Gasteiger partial charge on any atom is -0.436 e. The van der Waals surface area contributed by atoms with Gasteiger partial charge in [-0.25, -0.2) is 4.98 Å². The van der Waals surface area contributed by atoms with E-state index < -0.39 is 5.41 Å². The number of aryl methyl sites for hydroxylation is 1. The molecular weight excluding hydrogens is 336 g/mol. The van der Waals surface area contributed by atoms with Gasteiger partial charge in [-0.1, -0.05) is 45.4 Å². The van der Waals surface area contributed by atoms with E-state index >= 15 is 0 Å². The third kappa shape index (κ3) is 3.69. The summed E-state index contributed by atoms with van der Waals surface area (Å²) in [6.45, 7) is 7.66. The van der Waals surface area contributed by atoms with Gasteiger partial charge in [0.1, 0.15) is 5.52 Å². The summed E-state index contributed by atoms with van der Waals surface area (Å²) in [5.41, 5.74) is 3.58. The summed E-state index contributed by atoms with van der Waals surface area (Å²) in [6.07, 6.45) is 0.946. The van der Waals surface area contributed by atoms with Crippen molar-refractivity contribution in [2.24, 2.45) is 5.41 Å². The zero-order valence-electron chi connectivity index (χ0n) is 14.8. The van der Waals surface area contributed by atoms with E-state index in [9.17, 15) is 4.79 Å². The highest BCUT2D eigenvalue weighted by atomic mass is 35.5. The second kappa shape index (κ2) is 6.52. The number of hydrogen-bond donors (Lipinski definition) is 1. The fourth-order valence-corrected chi connectivity index (χ4v) is 2.55. The summed E-state index contributed by atoms with van der Waals surface area (Å²) in [5.74, 6) is 0.405. The number of aromatic nitrogens is 1. The largest absolute Gasteiger partial charge is 0.436 e. The molecule has 130 valence electrons. The van der Waals surface area contributed by atoms with Gasteiger partial charge in [-0.3, -0.25) is 4.79 Å². The fourth-order valence-electron chi connectivity index (χ4n) is 2.38. The van der Waals surface area contributed by atoms with Gasteiger partial charge in [-0.15, -0.1) is 0 Å². The number of halogens is 1. The van der Waals surface area contributed by atoms with Crippen LogP contribution < -0.4 is 5.32 Å². The van der Waals surface area contributed by atoms with Gasteiger partial charge < -0.3 is 9.73 Å². The minimum atomic E-state index is -0.506. The summed E-state index contributed by atoms with van der Waals surface area (Å²) < 4.78 is 5.85. The number of benzene rings is 2. The molecule has 0 atom stereocenters. The van der Waals surface area contributed by atoms with Crippen LogP contribution in [0.4, 0.5) is 5.69 Å². The quantitative estimate of drug-likeness (QED) is 0.655. The summed E-state index contributed by atoms with van der Waals surface area (Å²) in [7, 11) is 0. The molecule has 3 rings (SSSR count). The average molecular weight is 357 g/mol. The number of carbonyl (C=O) groups excluding carboxylic acids is 1. The second-order valence-corrected chi connectivity index (χ2v) is 7.48. The molecule has 0 radical (unpaired) electrons. The van der Waals surface area contributed by atoms with Crippen LogP contribution in [0.5, 0.6) is 0 Å². The van der Waals surface area contributed by atoms with E-state index in [0.29, 0.717) is 16.6 Å². The van der Waals surface area contributed by atoms with Gasteiger partial charge in [0, 0.05) is 11.0 Å². The maximum Gasteiger partial charge on any atom is 0.229 e. The van der Waals surface area contributed by atoms with E-state index in [0.717, 1.165) is 23.1 Å². The molecule has 4 nitrogen and oxygen atoms in total. The smallest absolute Gasteiger partial charge is 0.229 e. The predicted molar refractivity (Wildman–Crippen MR) is 102 cm³/mol. The lowest BCUT2D eigenvalue weighted by molar-refractivity contribution is -0.123. The van der Waals surface area contributed by atoms with E-state index in [2.05, 4.69) is 17.2 Å². The Morgan fingerprint density at radius 1 is 1.20 bits per heavy atom. The maximum atomic E-state index is 12.2. The number of rotatable bonds is 3. The molecule has 5 heteroatoms. The molecule has 0 saturated heterocycles. The van der Waals surface area contributed by atoms with Crippen LogP contribution in [0.15, 0.2) is 40.8 Å². The minimum absolute atomic E-state index is 0.100. The fraction of sp³-hybridized carbons (Fsp3) is 0.300. The first kappa shape index (κ1) is 17.5. The molecule has 0 saturated carbocycles. The van der Waals surface area contributed by atoms with Crippen molar-refractivity contribution >= 4 is 34.3 Å². The first-order valence-corrected chi connectivity index (χ1v) is 8.66. The lowest BCUT2D eigenvalue weighted by Gasteiger charge is -2.18. The van der Waals surface area contributed by atoms with Crippen molar-refractivity contribution in [1.29, 1.82) is 0 Å². The van der Waals surface area contributed by atoms with Crippen LogP contribution in [-0.2, 0) is 11.2 Å². The topological polar surface area (TPSA) is 55.1 Å². The summed E-state index contributed by atoms with van der Waals surface area (Å²) in [5, 5.41) is 3.35. The molecule has 0 bridgehead atoms. The van der Waals surface area contributed by atoms with Crippen LogP contribution in [0.3, 0.4) is 0 Å². The Morgan fingerprint density at radius 2 is 1.96 bits per heavy atom. The Morgan fingerprint density at radius 3 is 2.64 bits per heavy atom. The van der Waals surface area contributed by atoms with Crippen LogP contribution in [0.1, 0.15) is 33.3 Å².